The van der Waals surface area contributed by atoms with E-state index >= 15 is 0 Å². The first kappa shape index (κ1) is 17.7. The van der Waals surface area contributed by atoms with Gasteiger partial charge in [-0.25, -0.2) is 4.79 Å². The summed E-state index contributed by atoms with van der Waals surface area (Å²) >= 11 is 1.10. The van der Waals surface area contributed by atoms with E-state index < -0.39 is 18.2 Å². The lowest BCUT2D eigenvalue weighted by Gasteiger charge is -2.20. The fourth-order valence-corrected chi connectivity index (χ4v) is 2.54. The Kier molecular flexibility index (Phi) is 6.87. The number of aliphatic hydroxyl groups is 2. The SMILES string of the molecule is COC(=O)c1ccc(C)c(C(O)C(O)CCSC(C)=O)c1. The van der Waals surface area contributed by atoms with Crippen molar-refractivity contribution >= 4 is 22.8 Å². The fourth-order valence-electron chi connectivity index (χ4n) is 1.89. The molecule has 0 fully saturated rings. The Morgan fingerprint density at radius 2 is 2.00 bits per heavy atom. The molecule has 0 heterocycles. The number of aryl methyl sites for hydroxylation is 1. The summed E-state index contributed by atoms with van der Waals surface area (Å²) in [5.41, 5.74) is 1.58. The smallest absolute Gasteiger partial charge is 0.337 e. The van der Waals surface area contributed by atoms with Crippen LogP contribution < -0.4 is 0 Å². The van der Waals surface area contributed by atoms with Gasteiger partial charge < -0.3 is 14.9 Å². The minimum atomic E-state index is -1.11. The second-order valence-electron chi connectivity index (χ2n) is 4.70. The van der Waals surface area contributed by atoms with Crippen molar-refractivity contribution in [3.8, 4) is 0 Å². The van der Waals surface area contributed by atoms with Gasteiger partial charge in [0.15, 0.2) is 5.12 Å². The number of carbonyl (C=O) groups excluding carboxylic acids is 2. The molecule has 0 radical (unpaired) electrons. The van der Waals surface area contributed by atoms with Crippen LogP contribution in [0.2, 0.25) is 0 Å². The summed E-state index contributed by atoms with van der Waals surface area (Å²) in [7, 11) is 1.28. The van der Waals surface area contributed by atoms with E-state index in [1.807, 2.05) is 0 Å². The van der Waals surface area contributed by atoms with Gasteiger partial charge in [0.2, 0.25) is 0 Å². The van der Waals surface area contributed by atoms with Crippen LogP contribution in [0.3, 0.4) is 0 Å². The lowest BCUT2D eigenvalue weighted by molar-refractivity contribution is -0.109. The van der Waals surface area contributed by atoms with Crippen molar-refractivity contribution in [1.82, 2.24) is 0 Å². The maximum absolute atomic E-state index is 11.5. The zero-order chi connectivity index (χ0) is 16.0. The van der Waals surface area contributed by atoms with E-state index in [1.165, 1.54) is 20.1 Å². The van der Waals surface area contributed by atoms with Crippen molar-refractivity contribution in [2.24, 2.45) is 0 Å². The molecule has 1 aromatic carbocycles. The van der Waals surface area contributed by atoms with Gasteiger partial charge in [0, 0.05) is 12.7 Å². The second kappa shape index (κ2) is 8.17. The minimum absolute atomic E-state index is 0.0273. The molecule has 0 bridgehead atoms. The molecule has 5 nitrogen and oxygen atoms in total. The molecular weight excluding hydrogens is 292 g/mol. The van der Waals surface area contributed by atoms with E-state index in [2.05, 4.69) is 4.74 Å². The first-order chi connectivity index (χ1) is 9.86. The minimum Gasteiger partial charge on any atom is -0.465 e. The maximum Gasteiger partial charge on any atom is 0.337 e. The van der Waals surface area contributed by atoms with Gasteiger partial charge in [-0.3, -0.25) is 4.79 Å². The number of carbonyl (C=O) groups is 2. The quantitative estimate of drug-likeness (QED) is 0.780. The Morgan fingerprint density at radius 3 is 2.57 bits per heavy atom. The highest BCUT2D eigenvalue weighted by molar-refractivity contribution is 8.13. The first-order valence-electron chi connectivity index (χ1n) is 6.55. The number of ether oxygens (including phenoxy) is 1. The summed E-state index contributed by atoms with van der Waals surface area (Å²) in [6.07, 6.45) is -1.82. The van der Waals surface area contributed by atoms with Crippen molar-refractivity contribution in [2.75, 3.05) is 12.9 Å². The first-order valence-corrected chi connectivity index (χ1v) is 7.53. The number of aliphatic hydroxyl groups excluding tert-OH is 2. The van der Waals surface area contributed by atoms with Crippen LogP contribution in [0, 0.1) is 6.92 Å². The number of esters is 1. The Hall–Kier alpha value is -1.37. The molecule has 116 valence electrons. The van der Waals surface area contributed by atoms with Crippen LogP contribution in [0.4, 0.5) is 0 Å². The van der Waals surface area contributed by atoms with Gasteiger partial charge in [-0.05, 0) is 36.6 Å². The third kappa shape index (κ3) is 5.15. The summed E-state index contributed by atoms with van der Waals surface area (Å²) in [5, 5.41) is 20.2. The lowest BCUT2D eigenvalue weighted by Crippen LogP contribution is -2.20. The fraction of sp³-hybridized carbons (Fsp3) is 0.467. The van der Waals surface area contributed by atoms with Crippen LogP contribution in [0.5, 0.6) is 0 Å². The molecule has 0 aliphatic rings. The molecule has 2 atom stereocenters. The Morgan fingerprint density at radius 1 is 1.33 bits per heavy atom. The van der Waals surface area contributed by atoms with Crippen molar-refractivity contribution in [2.45, 2.75) is 32.5 Å². The molecule has 6 heteroatoms. The van der Waals surface area contributed by atoms with Gasteiger partial charge in [-0.15, -0.1) is 0 Å². The lowest BCUT2D eigenvalue weighted by atomic mass is 9.96. The topological polar surface area (TPSA) is 83.8 Å². The van der Waals surface area contributed by atoms with E-state index in [9.17, 15) is 19.8 Å². The molecule has 0 aliphatic carbocycles. The highest BCUT2D eigenvalue weighted by Gasteiger charge is 2.21. The van der Waals surface area contributed by atoms with E-state index in [0.29, 0.717) is 16.9 Å². The summed E-state index contributed by atoms with van der Waals surface area (Å²) < 4.78 is 4.64. The highest BCUT2D eigenvalue weighted by atomic mass is 32.2. The normalized spacial score (nSPS) is 13.6. The van der Waals surface area contributed by atoms with Gasteiger partial charge in [0.05, 0.1) is 18.8 Å². The zero-order valence-electron chi connectivity index (χ0n) is 12.3. The molecule has 0 amide bonds. The van der Waals surface area contributed by atoms with Crippen LogP contribution in [0.25, 0.3) is 0 Å². The zero-order valence-corrected chi connectivity index (χ0v) is 13.1. The van der Waals surface area contributed by atoms with Gasteiger partial charge in [0.1, 0.15) is 6.10 Å². The molecule has 0 aliphatic heterocycles. The largest absolute Gasteiger partial charge is 0.465 e. The van der Waals surface area contributed by atoms with Crippen LogP contribution >= 0.6 is 11.8 Å². The Balaban J connectivity index is 2.82. The number of methoxy groups -OCH3 is 1. The third-order valence-electron chi connectivity index (χ3n) is 3.10. The average molecular weight is 312 g/mol. The number of thioether (sulfide) groups is 1. The molecular formula is C15H20O5S. The van der Waals surface area contributed by atoms with Gasteiger partial charge >= 0.3 is 5.97 Å². The predicted molar refractivity (Wildman–Crippen MR) is 81.2 cm³/mol. The second-order valence-corrected chi connectivity index (χ2v) is 5.98. The summed E-state index contributed by atoms with van der Waals surface area (Å²) in [5.74, 6) is -0.0615. The molecule has 1 aromatic rings. The molecule has 0 spiro atoms. The number of hydrogen-bond acceptors (Lipinski definition) is 6. The molecule has 2 unspecified atom stereocenters. The Bertz CT molecular complexity index is 515. The van der Waals surface area contributed by atoms with Crippen LogP contribution in [-0.4, -0.2) is 40.3 Å². The van der Waals surface area contributed by atoms with Crippen molar-refractivity contribution in [3.63, 3.8) is 0 Å². The van der Waals surface area contributed by atoms with Gasteiger partial charge in [-0.1, -0.05) is 17.8 Å². The van der Waals surface area contributed by atoms with Crippen LogP contribution in [0.15, 0.2) is 18.2 Å². The standard InChI is InChI=1S/C15H20O5S/c1-9-4-5-11(15(19)20-3)8-12(9)14(18)13(17)6-7-21-10(2)16/h4-5,8,13-14,17-18H,6-7H2,1-3H3. The Labute approximate surface area is 128 Å². The molecule has 1 rings (SSSR count). The van der Waals surface area contributed by atoms with E-state index in [4.69, 9.17) is 0 Å². The molecule has 0 saturated carbocycles. The van der Waals surface area contributed by atoms with E-state index in [0.717, 1.165) is 17.3 Å². The van der Waals surface area contributed by atoms with Crippen LogP contribution in [0.1, 0.15) is 40.9 Å². The molecule has 0 saturated heterocycles. The number of benzene rings is 1. The van der Waals surface area contributed by atoms with Crippen molar-refractivity contribution in [3.05, 3.63) is 34.9 Å². The number of rotatable bonds is 6. The third-order valence-corrected chi connectivity index (χ3v) is 3.95. The van der Waals surface area contributed by atoms with Crippen molar-refractivity contribution in [1.29, 1.82) is 0 Å². The monoisotopic (exact) mass is 312 g/mol. The van der Waals surface area contributed by atoms with E-state index in [-0.39, 0.29) is 11.5 Å². The predicted octanol–water partition coefficient (Wildman–Crippen LogP) is 1.85. The summed E-state index contributed by atoms with van der Waals surface area (Å²) in [6.45, 7) is 3.24. The maximum atomic E-state index is 11.5. The molecule has 0 aromatic heterocycles. The average Bonchev–Trinajstić information content (AvgIpc) is 2.45. The summed E-state index contributed by atoms with van der Waals surface area (Å²) in [4.78, 5) is 22.3. The van der Waals surface area contributed by atoms with Gasteiger partial charge in [-0.2, -0.15) is 0 Å². The van der Waals surface area contributed by atoms with E-state index in [1.54, 1.807) is 19.1 Å². The molecule has 21 heavy (non-hydrogen) atoms. The van der Waals surface area contributed by atoms with Crippen LogP contribution in [-0.2, 0) is 9.53 Å². The molecule has 2 N–H and O–H groups in total. The highest BCUT2D eigenvalue weighted by Crippen LogP contribution is 2.25. The summed E-state index contributed by atoms with van der Waals surface area (Å²) in [6, 6.07) is 4.82. The van der Waals surface area contributed by atoms with Gasteiger partial charge in [0.25, 0.3) is 0 Å². The van der Waals surface area contributed by atoms with Crippen molar-refractivity contribution < 1.29 is 24.5 Å². The number of hydrogen-bond donors (Lipinski definition) is 2.